The van der Waals surface area contributed by atoms with Gasteiger partial charge in [0, 0.05) is 5.19 Å². The van der Waals surface area contributed by atoms with Crippen LogP contribution < -0.4 is 10.4 Å². The van der Waals surface area contributed by atoms with Crippen molar-refractivity contribution in [3.8, 4) is 0 Å². The summed E-state index contributed by atoms with van der Waals surface area (Å²) in [6, 6.07) is 18.3. The second kappa shape index (κ2) is 7.11. The van der Waals surface area contributed by atoms with Crippen molar-refractivity contribution < 1.29 is 22.0 Å². The van der Waals surface area contributed by atoms with Crippen LogP contribution in [0.25, 0.3) is 32.3 Å². The maximum atomic E-state index is 14.9. The Morgan fingerprint density at radius 3 is 1.52 bits per heavy atom. The smallest absolute Gasteiger partial charge is 0.200 e. The topological polar surface area (TPSA) is 0 Å². The summed E-state index contributed by atoms with van der Waals surface area (Å²) in [4.78, 5) is 0. The molecule has 5 aromatic carbocycles. The maximum absolute atomic E-state index is 14.9. The molecule has 168 valence electrons. The summed E-state index contributed by atoms with van der Waals surface area (Å²) in [5, 5.41) is 6.78. The maximum Gasteiger partial charge on any atom is 0.200 e. The summed E-state index contributed by atoms with van der Waals surface area (Å²) in [6.07, 6.45) is 0. The zero-order valence-corrected chi connectivity index (χ0v) is 20.6. The van der Waals surface area contributed by atoms with Crippen LogP contribution >= 0.6 is 0 Å². The number of benzene rings is 5. The number of hydrogen-bond acceptors (Lipinski definition) is 0. The number of halogens is 5. The Labute approximate surface area is 189 Å². The molecule has 0 amide bonds. The lowest BCUT2D eigenvalue weighted by Gasteiger charge is -2.40. The minimum absolute atomic E-state index is 0.610. The molecule has 5 aromatic rings. The molecule has 0 spiro atoms. The van der Waals surface area contributed by atoms with Crippen molar-refractivity contribution in [3.05, 3.63) is 83.7 Å². The molecule has 0 unspecified atom stereocenters. The van der Waals surface area contributed by atoms with Crippen molar-refractivity contribution >= 4 is 57.9 Å². The van der Waals surface area contributed by atoms with Gasteiger partial charge in [0.15, 0.2) is 23.3 Å². The minimum atomic E-state index is -3.20. The first-order valence-electron chi connectivity index (χ1n) is 10.7. The number of rotatable bonds is 3. The Hall–Kier alpha value is -2.78. The molecule has 0 N–H and O–H groups in total. The quantitative estimate of drug-likeness (QED) is 0.0860. The predicted octanol–water partition coefficient (Wildman–Crippen LogP) is 6.89. The van der Waals surface area contributed by atoms with Gasteiger partial charge in [0.2, 0.25) is 5.82 Å². The van der Waals surface area contributed by atoms with E-state index >= 15 is 0 Å². The molecule has 0 bridgehead atoms. The highest BCUT2D eigenvalue weighted by molar-refractivity contribution is 7.50. The highest BCUT2D eigenvalue weighted by Crippen LogP contribution is 2.35. The lowest BCUT2D eigenvalue weighted by molar-refractivity contribution is 0.384. The molecule has 0 saturated heterocycles. The van der Waals surface area contributed by atoms with Crippen molar-refractivity contribution in [2.24, 2.45) is 0 Å². The summed E-state index contributed by atoms with van der Waals surface area (Å²) in [5.74, 6) is -9.24. The van der Waals surface area contributed by atoms with E-state index in [-0.39, 0.29) is 0 Å². The van der Waals surface area contributed by atoms with Gasteiger partial charge in [-0.1, -0.05) is 86.0 Å². The van der Waals surface area contributed by atoms with E-state index in [1.165, 1.54) is 0 Å². The van der Waals surface area contributed by atoms with Gasteiger partial charge < -0.3 is 0 Å². The molecule has 0 aliphatic heterocycles. The monoisotopic (exact) mass is 484 g/mol. The van der Waals surface area contributed by atoms with E-state index in [2.05, 4.69) is 12.1 Å². The van der Waals surface area contributed by atoms with Gasteiger partial charge in [0.25, 0.3) is 0 Å². The third-order valence-electron chi connectivity index (χ3n) is 7.60. The van der Waals surface area contributed by atoms with Gasteiger partial charge in [-0.05, 0) is 32.3 Å². The van der Waals surface area contributed by atoms with Crippen LogP contribution in [-0.4, -0.2) is 15.2 Å². The van der Waals surface area contributed by atoms with Crippen LogP contribution in [0, 0.1) is 29.1 Å². The van der Waals surface area contributed by atoms with Crippen LogP contribution in [-0.2, 0) is 0 Å². The van der Waals surface area contributed by atoms with E-state index < -0.39 is 49.5 Å². The summed E-state index contributed by atoms with van der Waals surface area (Å²) in [5.41, 5.74) is 0. The molecule has 0 fully saturated rings. The number of hydrogen-bond donors (Lipinski definition) is 0. The zero-order valence-electron chi connectivity index (χ0n) is 18.6. The fourth-order valence-electron chi connectivity index (χ4n) is 5.08. The van der Waals surface area contributed by atoms with Gasteiger partial charge in [0.05, 0.1) is 15.2 Å². The summed E-state index contributed by atoms with van der Waals surface area (Å²) >= 11 is 0. The Kier molecular flexibility index (Phi) is 4.75. The predicted molar refractivity (Wildman–Crippen MR) is 131 cm³/mol. The highest BCUT2D eigenvalue weighted by atomic mass is 29.3. The van der Waals surface area contributed by atoms with Crippen molar-refractivity contribution in [3.63, 3.8) is 0 Å². The molecule has 0 saturated carbocycles. The summed E-state index contributed by atoms with van der Waals surface area (Å²) in [6.45, 7) is 7.39. The van der Waals surface area contributed by atoms with Crippen molar-refractivity contribution in [1.82, 2.24) is 0 Å². The first kappa shape index (κ1) is 22.0. The standard InChI is InChI=1S/C26H21F5Si2/c1-32(2,33(3,4)26-24(30)22(28)21(27)23(29)25(26)31)18-13-11-16-9-8-14-6-5-7-15-10-12-17(18)20(16)19(14)15/h5-13H,1-4H3. The van der Waals surface area contributed by atoms with E-state index in [4.69, 9.17) is 0 Å². The minimum Gasteiger partial charge on any atom is -0.204 e. The van der Waals surface area contributed by atoms with E-state index in [1.54, 1.807) is 13.1 Å². The average Bonchev–Trinajstić information content (AvgIpc) is 2.79. The molecule has 0 aliphatic rings. The molecule has 0 radical (unpaired) electrons. The summed E-state index contributed by atoms with van der Waals surface area (Å²) < 4.78 is 71.8. The largest absolute Gasteiger partial charge is 0.204 e. The lowest BCUT2D eigenvalue weighted by Crippen LogP contribution is -2.70. The van der Waals surface area contributed by atoms with Crippen LogP contribution in [0.15, 0.2) is 54.6 Å². The fraction of sp³-hybridized carbons (Fsp3) is 0.154. The normalized spacial score (nSPS) is 13.0. The molecule has 0 nitrogen and oxygen atoms in total. The van der Waals surface area contributed by atoms with Crippen LogP contribution in [0.3, 0.4) is 0 Å². The highest BCUT2D eigenvalue weighted by Gasteiger charge is 2.49. The third-order valence-corrected chi connectivity index (χ3v) is 25.1. The molecule has 0 atom stereocenters. The van der Waals surface area contributed by atoms with Gasteiger partial charge in [-0.2, -0.15) is 0 Å². The molecule has 5 rings (SSSR count). The fourth-order valence-corrected chi connectivity index (χ4v) is 14.3. The van der Waals surface area contributed by atoms with Crippen LogP contribution in [0.1, 0.15) is 0 Å². The van der Waals surface area contributed by atoms with Crippen LogP contribution in [0.2, 0.25) is 26.2 Å². The Balaban J connectivity index is 1.83. The van der Waals surface area contributed by atoms with E-state index in [1.807, 2.05) is 55.6 Å². The lowest BCUT2D eigenvalue weighted by atomic mass is 9.94. The molecule has 0 aromatic heterocycles. The first-order valence-corrected chi connectivity index (χ1v) is 17.7. The SMILES string of the molecule is C[Si](C)(c1c(F)c(F)c(F)c(F)c1F)[Si](C)(C)c1ccc2ccc3cccc4ccc1c2c34. The van der Waals surface area contributed by atoms with Crippen molar-refractivity contribution in [1.29, 1.82) is 0 Å². The second-order valence-electron chi connectivity index (χ2n) is 9.66. The molecule has 7 heteroatoms. The molecule has 0 heterocycles. The molecule has 0 aliphatic carbocycles. The van der Waals surface area contributed by atoms with E-state index in [0.29, 0.717) is 0 Å². The van der Waals surface area contributed by atoms with Crippen molar-refractivity contribution in [2.45, 2.75) is 26.2 Å². The Bertz CT molecular complexity index is 1530. The third kappa shape index (κ3) is 2.85. The first-order chi connectivity index (χ1) is 15.5. The van der Waals surface area contributed by atoms with Crippen molar-refractivity contribution in [2.75, 3.05) is 0 Å². The zero-order chi connectivity index (χ0) is 23.9. The van der Waals surface area contributed by atoms with Gasteiger partial charge in [0.1, 0.15) is 0 Å². The molecular weight excluding hydrogens is 463 g/mol. The van der Waals surface area contributed by atoms with Gasteiger partial charge in [-0.25, -0.2) is 22.0 Å². The average molecular weight is 485 g/mol. The van der Waals surface area contributed by atoms with Gasteiger partial charge in [-0.15, -0.1) is 0 Å². The van der Waals surface area contributed by atoms with Gasteiger partial charge in [-0.3, -0.25) is 0 Å². The van der Waals surface area contributed by atoms with Crippen LogP contribution in [0.5, 0.6) is 0 Å². The summed E-state index contributed by atoms with van der Waals surface area (Å²) in [7, 11) is -5.96. The molecule has 33 heavy (non-hydrogen) atoms. The van der Waals surface area contributed by atoms with Gasteiger partial charge >= 0.3 is 0 Å². The van der Waals surface area contributed by atoms with E-state index in [0.717, 1.165) is 37.5 Å². The Morgan fingerprint density at radius 1 is 0.485 bits per heavy atom. The van der Waals surface area contributed by atoms with E-state index in [9.17, 15) is 22.0 Å². The Morgan fingerprint density at radius 2 is 0.939 bits per heavy atom. The molecular formula is C26H21F5Si2. The second-order valence-corrected chi connectivity index (χ2v) is 24.7. The van der Waals surface area contributed by atoms with Crippen LogP contribution in [0.4, 0.5) is 22.0 Å².